The monoisotopic (exact) mass is 345 g/mol. The van der Waals surface area contributed by atoms with Crippen molar-refractivity contribution in [3.8, 4) is 0 Å². The minimum atomic E-state index is -1.12. The van der Waals surface area contributed by atoms with Gasteiger partial charge in [0.1, 0.15) is 12.1 Å². The average molecular weight is 345 g/mol. The number of rotatable bonds is 5. The Labute approximate surface area is 146 Å². The second kappa shape index (κ2) is 6.84. The normalized spacial score (nSPS) is 25.5. The van der Waals surface area contributed by atoms with Crippen LogP contribution in [-0.4, -0.2) is 48.5 Å². The van der Waals surface area contributed by atoms with Crippen LogP contribution in [0.4, 0.5) is 4.79 Å². The first-order chi connectivity index (χ1) is 11.9. The van der Waals surface area contributed by atoms with Gasteiger partial charge in [-0.05, 0) is 37.3 Å². The summed E-state index contributed by atoms with van der Waals surface area (Å²) in [6, 6.07) is 7.39. The molecule has 25 heavy (non-hydrogen) atoms. The summed E-state index contributed by atoms with van der Waals surface area (Å²) in [6.07, 6.45) is 2.85. The number of hydrogen-bond donors (Lipinski definition) is 2. The molecule has 1 heterocycles. The van der Waals surface area contributed by atoms with Crippen LogP contribution < -0.4 is 10.6 Å². The van der Waals surface area contributed by atoms with E-state index in [1.165, 1.54) is 12.7 Å². The Bertz CT molecular complexity index is 705. The number of fused-ring (bicyclic) bond motifs is 1. The molecule has 2 N–H and O–H groups in total. The molecule has 1 aliphatic heterocycles. The Balaban J connectivity index is 1.66. The predicted molar refractivity (Wildman–Crippen MR) is 90.8 cm³/mol. The summed E-state index contributed by atoms with van der Waals surface area (Å²) in [5, 5.41) is 5.55. The number of methoxy groups -OCH3 is 1. The van der Waals surface area contributed by atoms with Gasteiger partial charge in [-0.2, -0.15) is 0 Å². The third-order valence-corrected chi connectivity index (χ3v) is 4.78. The largest absolute Gasteiger partial charge is 0.382 e. The Morgan fingerprint density at radius 1 is 1.40 bits per heavy atom. The van der Waals surface area contributed by atoms with Gasteiger partial charge in [0.05, 0.1) is 12.6 Å². The molecule has 1 aromatic carbocycles. The van der Waals surface area contributed by atoms with Gasteiger partial charge in [0.2, 0.25) is 5.91 Å². The molecule has 2 aliphatic rings. The average Bonchev–Trinajstić information content (AvgIpc) is 2.79. The number of amides is 4. The maximum Gasteiger partial charge on any atom is 0.325 e. The Hall–Kier alpha value is -2.41. The highest BCUT2D eigenvalue weighted by atomic mass is 16.5. The molecule has 1 aromatic rings. The molecule has 0 radical (unpaired) electrons. The zero-order valence-electron chi connectivity index (χ0n) is 14.5. The Morgan fingerprint density at radius 3 is 2.92 bits per heavy atom. The first kappa shape index (κ1) is 17.4. The number of carbonyl (C=O) groups excluding carboxylic acids is 3. The smallest absolute Gasteiger partial charge is 0.325 e. The van der Waals surface area contributed by atoms with E-state index in [0.29, 0.717) is 0 Å². The van der Waals surface area contributed by atoms with Crippen LogP contribution >= 0.6 is 0 Å². The van der Waals surface area contributed by atoms with Gasteiger partial charge >= 0.3 is 6.03 Å². The fourth-order valence-electron chi connectivity index (χ4n) is 3.56. The van der Waals surface area contributed by atoms with Gasteiger partial charge in [0.15, 0.2) is 0 Å². The third-order valence-electron chi connectivity index (χ3n) is 4.78. The molecular formula is C18H23N3O4. The second-order valence-corrected chi connectivity index (χ2v) is 6.80. The molecule has 0 saturated carbocycles. The number of aryl methyl sites for hydroxylation is 1. The molecule has 0 aromatic heterocycles. The van der Waals surface area contributed by atoms with Crippen LogP contribution in [0.15, 0.2) is 24.3 Å². The van der Waals surface area contributed by atoms with E-state index < -0.39 is 17.5 Å². The number of nitrogens with one attached hydrogen (secondary N) is 2. The number of hydrogen-bond acceptors (Lipinski definition) is 4. The zero-order valence-corrected chi connectivity index (χ0v) is 14.5. The summed E-state index contributed by atoms with van der Waals surface area (Å²) < 4.78 is 5.00. The quantitative estimate of drug-likeness (QED) is 0.784. The minimum Gasteiger partial charge on any atom is -0.382 e. The highest BCUT2D eigenvalue weighted by molar-refractivity contribution is 6.08. The lowest BCUT2D eigenvalue weighted by molar-refractivity contribution is -0.136. The van der Waals surface area contributed by atoms with E-state index in [4.69, 9.17) is 4.74 Å². The lowest BCUT2D eigenvalue weighted by Gasteiger charge is -2.27. The topological polar surface area (TPSA) is 87.7 Å². The van der Waals surface area contributed by atoms with Gasteiger partial charge in [-0.15, -0.1) is 0 Å². The summed E-state index contributed by atoms with van der Waals surface area (Å²) in [6.45, 7) is 1.36. The van der Waals surface area contributed by atoms with Crippen LogP contribution in [0.5, 0.6) is 0 Å². The van der Waals surface area contributed by atoms with Crippen molar-refractivity contribution in [2.24, 2.45) is 0 Å². The van der Waals surface area contributed by atoms with Crippen LogP contribution in [0.2, 0.25) is 0 Å². The molecule has 0 unspecified atom stereocenters. The molecular weight excluding hydrogens is 322 g/mol. The van der Waals surface area contributed by atoms with E-state index in [9.17, 15) is 14.4 Å². The van der Waals surface area contributed by atoms with Gasteiger partial charge in [-0.3, -0.25) is 14.5 Å². The number of ether oxygens (including phenoxy) is 1. The summed E-state index contributed by atoms with van der Waals surface area (Å²) in [5.74, 6) is -0.787. The molecule has 0 bridgehead atoms. The highest BCUT2D eigenvalue weighted by Gasteiger charge is 2.48. The van der Waals surface area contributed by atoms with E-state index in [2.05, 4.69) is 16.7 Å². The van der Waals surface area contributed by atoms with E-state index in [1.807, 2.05) is 18.2 Å². The standard InChI is InChI=1S/C18H23N3O4/c1-18(11-25-2)16(23)21(17(24)20-18)10-15(22)19-14-9-5-7-12-6-3-4-8-13(12)14/h3-4,6,8,14H,5,7,9-11H2,1-2H3,(H,19,22)(H,20,24)/t14-,18+/m0/s1. The van der Waals surface area contributed by atoms with Crippen LogP contribution in [0.1, 0.15) is 36.9 Å². The number of imide groups is 1. The molecule has 134 valence electrons. The molecule has 1 fully saturated rings. The first-order valence-corrected chi connectivity index (χ1v) is 8.45. The van der Waals surface area contributed by atoms with Crippen LogP contribution in [0, 0.1) is 0 Å². The maximum absolute atomic E-state index is 12.4. The van der Waals surface area contributed by atoms with Crippen LogP contribution in [-0.2, 0) is 20.7 Å². The Kier molecular flexibility index (Phi) is 4.76. The van der Waals surface area contributed by atoms with Crippen molar-refractivity contribution in [2.45, 2.75) is 37.8 Å². The number of carbonyl (C=O) groups is 3. The van der Waals surface area contributed by atoms with Crippen LogP contribution in [0.25, 0.3) is 0 Å². The summed E-state index contributed by atoms with van der Waals surface area (Å²) in [5.41, 5.74) is 1.23. The SMILES string of the molecule is COC[C@@]1(C)NC(=O)N(CC(=O)N[C@H]2CCCc3ccccc32)C1=O. The predicted octanol–water partition coefficient (Wildman–Crippen LogP) is 1.14. The van der Waals surface area contributed by atoms with Crippen LogP contribution in [0.3, 0.4) is 0 Å². The molecule has 3 rings (SSSR count). The van der Waals surface area contributed by atoms with Crippen molar-refractivity contribution in [2.75, 3.05) is 20.3 Å². The summed E-state index contributed by atoms with van der Waals surface area (Å²) in [7, 11) is 1.46. The van der Waals surface area contributed by atoms with E-state index in [-0.39, 0.29) is 25.1 Å². The second-order valence-electron chi connectivity index (χ2n) is 6.80. The lowest BCUT2D eigenvalue weighted by Crippen LogP contribution is -2.48. The molecule has 7 nitrogen and oxygen atoms in total. The molecule has 2 atom stereocenters. The van der Waals surface area contributed by atoms with Gasteiger partial charge < -0.3 is 15.4 Å². The molecule has 1 saturated heterocycles. The van der Waals surface area contributed by atoms with Crippen molar-refractivity contribution >= 4 is 17.8 Å². The lowest BCUT2D eigenvalue weighted by atomic mass is 9.88. The van der Waals surface area contributed by atoms with E-state index in [1.54, 1.807) is 6.92 Å². The van der Waals surface area contributed by atoms with Crippen molar-refractivity contribution in [1.82, 2.24) is 15.5 Å². The number of benzene rings is 1. The van der Waals surface area contributed by atoms with E-state index >= 15 is 0 Å². The highest BCUT2D eigenvalue weighted by Crippen LogP contribution is 2.29. The summed E-state index contributed by atoms with van der Waals surface area (Å²) in [4.78, 5) is 37.9. The van der Waals surface area contributed by atoms with Gasteiger partial charge in [0, 0.05) is 7.11 Å². The van der Waals surface area contributed by atoms with Crippen molar-refractivity contribution < 1.29 is 19.1 Å². The molecule has 7 heteroatoms. The summed E-state index contributed by atoms with van der Waals surface area (Å²) >= 11 is 0. The third kappa shape index (κ3) is 3.37. The maximum atomic E-state index is 12.4. The minimum absolute atomic E-state index is 0.0612. The van der Waals surface area contributed by atoms with Crippen molar-refractivity contribution in [3.05, 3.63) is 35.4 Å². The first-order valence-electron chi connectivity index (χ1n) is 8.45. The number of urea groups is 1. The zero-order chi connectivity index (χ0) is 18.0. The Morgan fingerprint density at radius 2 is 2.16 bits per heavy atom. The fraction of sp³-hybridized carbons (Fsp3) is 0.500. The number of nitrogens with zero attached hydrogens (tertiary/aromatic N) is 1. The van der Waals surface area contributed by atoms with E-state index in [0.717, 1.165) is 29.7 Å². The van der Waals surface area contributed by atoms with Gasteiger partial charge in [-0.1, -0.05) is 24.3 Å². The molecule has 0 spiro atoms. The fourth-order valence-corrected chi connectivity index (χ4v) is 3.56. The van der Waals surface area contributed by atoms with Crippen molar-refractivity contribution in [1.29, 1.82) is 0 Å². The molecule has 4 amide bonds. The van der Waals surface area contributed by atoms with Crippen molar-refractivity contribution in [3.63, 3.8) is 0 Å². The van der Waals surface area contributed by atoms with Gasteiger partial charge in [-0.25, -0.2) is 4.79 Å². The van der Waals surface area contributed by atoms with Gasteiger partial charge in [0.25, 0.3) is 5.91 Å². The molecule has 1 aliphatic carbocycles.